The predicted molar refractivity (Wildman–Crippen MR) is 67.6 cm³/mol. The van der Waals surface area contributed by atoms with Crippen molar-refractivity contribution in [2.24, 2.45) is 9.98 Å². The fourth-order valence-corrected chi connectivity index (χ4v) is 1.41. The lowest BCUT2D eigenvalue weighted by molar-refractivity contribution is 0.980. The minimum Gasteiger partial charge on any atom is -0.295 e. The van der Waals surface area contributed by atoms with E-state index in [-0.39, 0.29) is 0 Å². The molecule has 2 heteroatoms. The van der Waals surface area contributed by atoms with Crippen molar-refractivity contribution in [3.8, 4) is 0 Å². The molecule has 2 aliphatic rings. The predicted octanol–water partition coefficient (Wildman–Crippen LogP) is 1.94. The molecule has 16 heavy (non-hydrogen) atoms. The Morgan fingerprint density at radius 3 is 1.44 bits per heavy atom. The first kappa shape index (κ1) is 11.8. The van der Waals surface area contributed by atoms with Gasteiger partial charge in [0, 0.05) is 24.3 Å². The molecular weight excluding hydrogens is 196 g/mol. The third-order valence-corrected chi connectivity index (χ3v) is 2.22. The first-order chi connectivity index (χ1) is 7.95. The van der Waals surface area contributed by atoms with Crippen LogP contribution in [-0.4, -0.2) is 25.5 Å². The van der Waals surface area contributed by atoms with Crippen molar-refractivity contribution < 1.29 is 0 Å². The van der Waals surface area contributed by atoms with Crippen LogP contribution in [-0.2, 0) is 0 Å². The van der Waals surface area contributed by atoms with E-state index in [1.165, 1.54) is 0 Å². The Bertz CT molecular complexity index is 207. The largest absolute Gasteiger partial charge is 0.295 e. The molecular formula is C14H14N2. The first-order valence-electron chi connectivity index (χ1n) is 5.38. The SMILES string of the molecule is [CH]1[CH][CH][C](C=NCCN=C[C]2[CH][CH][CH][CH]2)[CH]1. The highest BCUT2D eigenvalue weighted by Gasteiger charge is 2.14. The van der Waals surface area contributed by atoms with E-state index in [2.05, 4.69) is 9.98 Å². The van der Waals surface area contributed by atoms with Gasteiger partial charge in [0.25, 0.3) is 0 Å². The smallest absolute Gasteiger partial charge is 0.0581 e. The van der Waals surface area contributed by atoms with Gasteiger partial charge in [-0.3, -0.25) is 9.98 Å². The average molecular weight is 210 g/mol. The molecule has 10 radical (unpaired) electrons. The monoisotopic (exact) mass is 210 g/mol. The number of nitrogens with zero attached hydrogens (tertiary/aromatic N) is 2. The fraction of sp³-hybridized carbons (Fsp3) is 0.143. The third-order valence-electron chi connectivity index (χ3n) is 2.22. The highest BCUT2D eigenvalue weighted by molar-refractivity contribution is 5.83. The van der Waals surface area contributed by atoms with Crippen molar-refractivity contribution in [2.75, 3.05) is 13.1 Å². The molecule has 80 valence electrons. The van der Waals surface area contributed by atoms with Crippen LogP contribution in [0.2, 0.25) is 0 Å². The van der Waals surface area contributed by atoms with E-state index in [0.717, 1.165) is 24.9 Å². The van der Waals surface area contributed by atoms with E-state index < -0.39 is 0 Å². The molecule has 0 spiro atoms. The molecule has 2 aliphatic carbocycles. The van der Waals surface area contributed by atoms with E-state index >= 15 is 0 Å². The molecule has 0 heterocycles. The van der Waals surface area contributed by atoms with Crippen molar-refractivity contribution in [2.45, 2.75) is 0 Å². The van der Waals surface area contributed by atoms with E-state index in [1.807, 2.05) is 63.8 Å². The van der Waals surface area contributed by atoms with Crippen LogP contribution in [0.1, 0.15) is 0 Å². The maximum atomic E-state index is 4.29. The van der Waals surface area contributed by atoms with Gasteiger partial charge >= 0.3 is 0 Å². The van der Waals surface area contributed by atoms with Crippen molar-refractivity contribution in [3.63, 3.8) is 0 Å². The molecule has 0 aliphatic heterocycles. The summed E-state index contributed by atoms with van der Waals surface area (Å²) in [6.07, 6.45) is 20.0. The molecule has 2 rings (SSSR count). The van der Waals surface area contributed by atoms with E-state index in [0.29, 0.717) is 0 Å². The molecule has 0 saturated heterocycles. The zero-order chi connectivity index (χ0) is 11.1. The quantitative estimate of drug-likeness (QED) is 0.489. The summed E-state index contributed by atoms with van der Waals surface area (Å²) >= 11 is 0. The topological polar surface area (TPSA) is 24.7 Å². The highest BCUT2D eigenvalue weighted by Crippen LogP contribution is 2.21. The van der Waals surface area contributed by atoms with Crippen molar-refractivity contribution in [1.82, 2.24) is 0 Å². The summed E-state index contributed by atoms with van der Waals surface area (Å²) in [6.45, 7) is 1.48. The molecule has 2 saturated carbocycles. The van der Waals surface area contributed by atoms with Crippen LogP contribution in [0, 0.1) is 63.2 Å². The van der Waals surface area contributed by atoms with Crippen molar-refractivity contribution in [1.29, 1.82) is 0 Å². The minimum atomic E-state index is 0.738. The Balaban J connectivity index is 1.53. The van der Waals surface area contributed by atoms with Crippen molar-refractivity contribution >= 4 is 12.4 Å². The minimum absolute atomic E-state index is 0.738. The average Bonchev–Trinajstić information content (AvgIpc) is 2.96. The molecule has 0 aromatic rings. The first-order valence-corrected chi connectivity index (χ1v) is 5.38. The summed E-state index contributed by atoms with van der Waals surface area (Å²) in [5.41, 5.74) is 0. The summed E-state index contributed by atoms with van der Waals surface area (Å²) in [4.78, 5) is 8.59. The molecule has 0 atom stereocenters. The second-order valence-electron chi connectivity index (χ2n) is 3.51. The lowest BCUT2D eigenvalue weighted by Gasteiger charge is -1.98. The van der Waals surface area contributed by atoms with Crippen LogP contribution in [0.5, 0.6) is 0 Å². The lowest BCUT2D eigenvalue weighted by Crippen LogP contribution is -1.97. The Hall–Kier alpha value is -0.660. The number of hydrogen-bond donors (Lipinski definition) is 0. The normalized spacial score (nSPS) is 24.2. The second kappa shape index (κ2) is 6.82. The van der Waals surface area contributed by atoms with Gasteiger partial charge in [-0.05, 0) is 51.4 Å². The van der Waals surface area contributed by atoms with Gasteiger partial charge in [-0.25, -0.2) is 0 Å². The highest BCUT2D eigenvalue weighted by atomic mass is 14.8. The van der Waals surface area contributed by atoms with E-state index in [4.69, 9.17) is 0 Å². The molecule has 0 N–H and O–H groups in total. The lowest BCUT2D eigenvalue weighted by atomic mass is 10.1. The molecule has 2 nitrogen and oxygen atoms in total. The Morgan fingerprint density at radius 2 is 1.06 bits per heavy atom. The summed E-state index contributed by atoms with van der Waals surface area (Å²) in [6, 6.07) is 0. The molecule has 2 fully saturated rings. The zero-order valence-corrected chi connectivity index (χ0v) is 9.08. The number of aliphatic imine (C=N–C) groups is 2. The Morgan fingerprint density at radius 1 is 0.688 bits per heavy atom. The second-order valence-corrected chi connectivity index (χ2v) is 3.51. The maximum Gasteiger partial charge on any atom is 0.0581 e. The Labute approximate surface area is 99.3 Å². The van der Waals surface area contributed by atoms with Gasteiger partial charge in [-0.1, -0.05) is 0 Å². The van der Waals surface area contributed by atoms with E-state index in [9.17, 15) is 0 Å². The van der Waals surface area contributed by atoms with Crippen LogP contribution < -0.4 is 0 Å². The maximum absolute atomic E-state index is 4.29. The third kappa shape index (κ3) is 4.07. The number of hydrogen-bond acceptors (Lipinski definition) is 2. The summed E-state index contributed by atoms with van der Waals surface area (Å²) < 4.78 is 0. The van der Waals surface area contributed by atoms with Gasteiger partial charge in [-0.2, -0.15) is 0 Å². The van der Waals surface area contributed by atoms with Gasteiger partial charge in [0.15, 0.2) is 0 Å². The zero-order valence-electron chi connectivity index (χ0n) is 9.08. The summed E-state index contributed by atoms with van der Waals surface area (Å²) in [5, 5.41) is 0. The van der Waals surface area contributed by atoms with Gasteiger partial charge < -0.3 is 0 Å². The molecule has 0 amide bonds. The fourth-order valence-electron chi connectivity index (χ4n) is 1.41. The van der Waals surface area contributed by atoms with Gasteiger partial charge in [-0.15, -0.1) is 0 Å². The van der Waals surface area contributed by atoms with Crippen LogP contribution in [0.3, 0.4) is 0 Å². The van der Waals surface area contributed by atoms with Gasteiger partial charge in [0.05, 0.1) is 13.1 Å². The van der Waals surface area contributed by atoms with E-state index in [1.54, 1.807) is 0 Å². The molecule has 0 aromatic heterocycles. The van der Waals surface area contributed by atoms with Crippen LogP contribution in [0.15, 0.2) is 9.98 Å². The Kier molecular flexibility index (Phi) is 5.04. The summed E-state index contributed by atoms with van der Waals surface area (Å²) in [5.74, 6) is 2.31. The van der Waals surface area contributed by atoms with Crippen LogP contribution in [0.25, 0.3) is 0 Å². The number of rotatable bonds is 5. The molecule has 0 bridgehead atoms. The van der Waals surface area contributed by atoms with Crippen LogP contribution >= 0.6 is 0 Å². The van der Waals surface area contributed by atoms with Gasteiger partial charge in [0.1, 0.15) is 0 Å². The molecule has 0 aromatic carbocycles. The van der Waals surface area contributed by atoms with Crippen molar-refractivity contribution in [3.05, 3.63) is 63.2 Å². The summed E-state index contributed by atoms with van der Waals surface area (Å²) in [7, 11) is 0. The van der Waals surface area contributed by atoms with Gasteiger partial charge in [0.2, 0.25) is 0 Å². The molecule has 0 unspecified atom stereocenters. The standard InChI is InChI=1S/C14H14N2/c1-2-6-13(5-1)11-15-9-10-16-12-14-7-3-4-8-14/h1-8,11-12H,9-10H2. The van der Waals surface area contributed by atoms with Crippen LogP contribution in [0.4, 0.5) is 0 Å².